The van der Waals surface area contributed by atoms with Gasteiger partial charge < -0.3 is 5.11 Å². The molecule has 0 radical (unpaired) electrons. The van der Waals surface area contributed by atoms with Crippen LogP contribution in [0.1, 0.15) is 28.1 Å². The highest BCUT2D eigenvalue weighted by atomic mass is 32.1. The van der Waals surface area contributed by atoms with E-state index in [-0.39, 0.29) is 17.4 Å². The number of Topliss-reactive ketones (excluding diaryl/α,β-unsaturated/α-hetero) is 1. The van der Waals surface area contributed by atoms with E-state index in [1.54, 1.807) is 31.2 Å². The van der Waals surface area contributed by atoms with E-state index in [9.17, 15) is 18.7 Å². The number of fused-ring (bicyclic) bond motifs is 1. The van der Waals surface area contributed by atoms with Crippen molar-refractivity contribution >= 4 is 17.1 Å². The first-order valence-electron chi connectivity index (χ1n) is 8.63. The van der Waals surface area contributed by atoms with Crippen LogP contribution in [0.2, 0.25) is 0 Å². The summed E-state index contributed by atoms with van der Waals surface area (Å²) in [6.45, 7) is 1.02. The number of thiazole rings is 1. The molecule has 0 bridgehead atoms. The van der Waals surface area contributed by atoms with Gasteiger partial charge in [0.1, 0.15) is 23.2 Å². The summed E-state index contributed by atoms with van der Waals surface area (Å²) in [5.41, 5.74) is 1.44. The molecular formula is C21H17F2NO2S. The molecule has 1 N–H and O–H groups in total. The van der Waals surface area contributed by atoms with Crippen LogP contribution in [0, 0.1) is 18.6 Å². The summed E-state index contributed by atoms with van der Waals surface area (Å²) in [6.07, 6.45) is 1.02. The van der Waals surface area contributed by atoms with Crippen molar-refractivity contribution in [3.05, 3.63) is 75.8 Å². The minimum atomic E-state index is -1.09. The van der Waals surface area contributed by atoms with Gasteiger partial charge in [-0.15, -0.1) is 11.3 Å². The molecule has 1 aliphatic carbocycles. The molecule has 0 aliphatic heterocycles. The van der Waals surface area contributed by atoms with Crippen molar-refractivity contribution < 1.29 is 18.7 Å². The Labute approximate surface area is 159 Å². The zero-order chi connectivity index (χ0) is 19.2. The lowest BCUT2D eigenvalue weighted by atomic mass is 9.74. The van der Waals surface area contributed by atoms with Crippen LogP contribution in [0.3, 0.4) is 0 Å². The van der Waals surface area contributed by atoms with Crippen molar-refractivity contribution in [3.63, 3.8) is 0 Å². The number of aliphatic hydroxyl groups is 1. The number of halogens is 2. The van der Waals surface area contributed by atoms with Crippen LogP contribution < -0.4 is 0 Å². The smallest absolute Gasteiger partial charge is 0.173 e. The molecule has 0 spiro atoms. The third kappa shape index (κ3) is 2.71. The van der Waals surface area contributed by atoms with Crippen LogP contribution in [-0.4, -0.2) is 22.5 Å². The molecule has 1 aromatic heterocycles. The Morgan fingerprint density at radius 3 is 2.67 bits per heavy atom. The maximum Gasteiger partial charge on any atom is 0.173 e. The summed E-state index contributed by atoms with van der Waals surface area (Å²) < 4.78 is 27.5. The van der Waals surface area contributed by atoms with Gasteiger partial charge in [-0.1, -0.05) is 12.1 Å². The molecule has 27 heavy (non-hydrogen) atoms. The Hall–Kier alpha value is -2.44. The third-order valence-corrected chi connectivity index (χ3v) is 6.57. The van der Waals surface area contributed by atoms with Crippen LogP contribution in [-0.2, 0) is 16.6 Å². The molecule has 4 rings (SSSR count). The number of aromatic nitrogens is 1. The lowest BCUT2D eigenvalue weighted by Crippen LogP contribution is -2.37. The molecule has 0 unspecified atom stereocenters. The summed E-state index contributed by atoms with van der Waals surface area (Å²) >= 11 is 1.35. The largest absolute Gasteiger partial charge is 0.389 e. The number of carbonyl (C=O) groups is 1. The molecule has 6 heteroatoms. The first kappa shape index (κ1) is 17.9. The van der Waals surface area contributed by atoms with Crippen LogP contribution >= 0.6 is 11.3 Å². The van der Waals surface area contributed by atoms with E-state index in [4.69, 9.17) is 0 Å². The fourth-order valence-electron chi connectivity index (χ4n) is 3.87. The predicted octanol–water partition coefficient (Wildman–Crippen LogP) is 4.19. The third-order valence-electron chi connectivity index (χ3n) is 5.26. The number of nitrogens with zero attached hydrogens (tertiary/aromatic N) is 1. The summed E-state index contributed by atoms with van der Waals surface area (Å²) in [5.74, 6) is -1.07. The Morgan fingerprint density at radius 1 is 1.22 bits per heavy atom. The van der Waals surface area contributed by atoms with Gasteiger partial charge in [0.25, 0.3) is 0 Å². The number of hydrogen-bond acceptors (Lipinski definition) is 4. The number of benzene rings is 2. The highest BCUT2D eigenvalue weighted by Crippen LogP contribution is 2.50. The molecule has 0 amide bonds. The van der Waals surface area contributed by atoms with Crippen molar-refractivity contribution in [3.8, 4) is 10.6 Å². The van der Waals surface area contributed by atoms with Crippen molar-refractivity contribution in [2.75, 3.05) is 6.61 Å². The van der Waals surface area contributed by atoms with Crippen LogP contribution in [0.15, 0.2) is 42.5 Å². The first-order chi connectivity index (χ1) is 13.0. The van der Waals surface area contributed by atoms with Gasteiger partial charge in [-0.25, -0.2) is 13.8 Å². The normalized spacial score (nSPS) is 18.5. The lowest BCUT2D eigenvalue weighted by Gasteiger charge is -2.29. The fraction of sp³-hybridized carbons (Fsp3) is 0.238. The summed E-state index contributed by atoms with van der Waals surface area (Å²) in [5, 5.41) is 10.3. The Balaban J connectivity index is 1.91. The van der Waals surface area contributed by atoms with E-state index in [0.29, 0.717) is 29.0 Å². The van der Waals surface area contributed by atoms with Crippen molar-refractivity contribution in [1.29, 1.82) is 0 Å². The van der Waals surface area contributed by atoms with Crippen molar-refractivity contribution in [2.24, 2.45) is 0 Å². The zero-order valence-electron chi connectivity index (χ0n) is 14.6. The summed E-state index contributed by atoms with van der Waals surface area (Å²) in [7, 11) is 0. The average molecular weight is 385 g/mol. The SMILES string of the molecule is Cc1c(F)cccc1[C@]1(C(=O)CO)CCc2nc(-c3ccc(F)cc3)sc21. The zero-order valence-corrected chi connectivity index (χ0v) is 15.4. The molecule has 1 atom stereocenters. The molecule has 0 saturated heterocycles. The molecule has 0 fully saturated rings. The van der Waals surface area contributed by atoms with Gasteiger partial charge in [0.15, 0.2) is 5.78 Å². The van der Waals surface area contributed by atoms with Crippen LogP contribution in [0.25, 0.3) is 10.6 Å². The van der Waals surface area contributed by atoms with Gasteiger partial charge in [-0.05, 0) is 61.2 Å². The molecule has 3 aromatic rings. The van der Waals surface area contributed by atoms with E-state index < -0.39 is 12.0 Å². The second-order valence-corrected chi connectivity index (χ2v) is 7.70. The quantitative estimate of drug-likeness (QED) is 0.733. The van der Waals surface area contributed by atoms with Gasteiger partial charge >= 0.3 is 0 Å². The molecular weight excluding hydrogens is 368 g/mol. The van der Waals surface area contributed by atoms with E-state index in [2.05, 4.69) is 4.98 Å². The number of aliphatic hydroxyl groups excluding tert-OH is 1. The van der Waals surface area contributed by atoms with Crippen LogP contribution in [0.4, 0.5) is 8.78 Å². The Morgan fingerprint density at radius 2 is 1.96 bits per heavy atom. The molecule has 1 heterocycles. The Bertz CT molecular complexity index is 1030. The highest BCUT2D eigenvalue weighted by molar-refractivity contribution is 7.15. The van der Waals surface area contributed by atoms with E-state index in [1.165, 1.54) is 29.5 Å². The maximum atomic E-state index is 14.2. The van der Waals surface area contributed by atoms with E-state index >= 15 is 0 Å². The summed E-state index contributed by atoms with van der Waals surface area (Å²) in [6, 6.07) is 10.7. The topological polar surface area (TPSA) is 50.2 Å². The van der Waals surface area contributed by atoms with Crippen molar-refractivity contribution in [1.82, 2.24) is 4.98 Å². The maximum absolute atomic E-state index is 14.2. The monoisotopic (exact) mass is 385 g/mol. The van der Waals surface area contributed by atoms with Gasteiger partial charge in [-0.3, -0.25) is 4.79 Å². The van der Waals surface area contributed by atoms with Gasteiger partial charge in [0.2, 0.25) is 0 Å². The number of carbonyl (C=O) groups excluding carboxylic acids is 1. The number of rotatable bonds is 4. The Kier molecular flexibility index (Phi) is 4.40. The lowest BCUT2D eigenvalue weighted by molar-refractivity contribution is -0.125. The van der Waals surface area contributed by atoms with E-state index in [0.717, 1.165) is 16.1 Å². The van der Waals surface area contributed by atoms with Gasteiger partial charge in [0, 0.05) is 10.4 Å². The number of hydrogen-bond donors (Lipinski definition) is 1. The molecule has 138 valence electrons. The number of aryl methyl sites for hydroxylation is 1. The first-order valence-corrected chi connectivity index (χ1v) is 9.45. The highest BCUT2D eigenvalue weighted by Gasteiger charge is 2.49. The minimum Gasteiger partial charge on any atom is -0.389 e. The molecule has 0 saturated carbocycles. The van der Waals surface area contributed by atoms with E-state index in [1.807, 2.05) is 0 Å². The molecule has 1 aliphatic rings. The van der Waals surface area contributed by atoms with Gasteiger partial charge in [-0.2, -0.15) is 0 Å². The summed E-state index contributed by atoms with van der Waals surface area (Å²) in [4.78, 5) is 18.3. The molecule has 2 aromatic carbocycles. The number of ketones is 1. The molecule has 3 nitrogen and oxygen atoms in total. The average Bonchev–Trinajstić information content (AvgIpc) is 3.24. The second-order valence-electron chi connectivity index (χ2n) is 6.70. The minimum absolute atomic E-state index is 0.331. The van der Waals surface area contributed by atoms with Gasteiger partial charge in [0.05, 0.1) is 11.1 Å². The predicted molar refractivity (Wildman–Crippen MR) is 99.8 cm³/mol. The van der Waals surface area contributed by atoms with Crippen molar-refractivity contribution in [2.45, 2.75) is 25.2 Å². The standard InChI is InChI=1S/C21H17F2NO2S/c1-12-15(3-2-4-16(12)23)21(18(26)11-25)10-9-17-19(21)27-20(24-17)13-5-7-14(22)8-6-13/h2-8,25H,9-11H2,1H3/t21-/m0/s1. The second kappa shape index (κ2) is 6.62. The fourth-order valence-corrected chi connectivity index (χ4v) is 5.24. The van der Waals surface area contributed by atoms with Crippen LogP contribution in [0.5, 0.6) is 0 Å².